The summed E-state index contributed by atoms with van der Waals surface area (Å²) in [6.07, 6.45) is 1.20. The van der Waals surface area contributed by atoms with Crippen LogP contribution >= 0.6 is 11.6 Å². The second-order valence-electron chi connectivity index (χ2n) is 2.32. The molecule has 1 aromatic heterocycles. The SMILES string of the molecule is CCNC(=O)c1ccnc(F)c1Cl. The van der Waals surface area contributed by atoms with Gasteiger partial charge in [0.25, 0.3) is 5.91 Å². The molecule has 0 aromatic carbocycles. The summed E-state index contributed by atoms with van der Waals surface area (Å²) >= 11 is 5.53. The van der Waals surface area contributed by atoms with Crippen LogP contribution < -0.4 is 5.32 Å². The van der Waals surface area contributed by atoms with Crippen molar-refractivity contribution in [1.82, 2.24) is 10.3 Å². The maximum absolute atomic E-state index is 12.8. The summed E-state index contributed by atoms with van der Waals surface area (Å²) < 4.78 is 12.8. The van der Waals surface area contributed by atoms with Gasteiger partial charge in [-0.3, -0.25) is 4.79 Å². The van der Waals surface area contributed by atoms with E-state index < -0.39 is 11.9 Å². The lowest BCUT2D eigenvalue weighted by Crippen LogP contribution is -2.23. The predicted molar refractivity (Wildman–Crippen MR) is 47.2 cm³/mol. The van der Waals surface area contributed by atoms with E-state index in [9.17, 15) is 9.18 Å². The lowest BCUT2D eigenvalue weighted by Gasteiger charge is -2.03. The number of nitrogens with zero attached hydrogens (tertiary/aromatic N) is 1. The van der Waals surface area contributed by atoms with Crippen LogP contribution in [0.5, 0.6) is 0 Å². The molecule has 0 spiro atoms. The molecule has 0 fully saturated rings. The Bertz CT molecular complexity index is 330. The fraction of sp³-hybridized carbons (Fsp3) is 0.250. The van der Waals surface area contributed by atoms with E-state index in [1.165, 1.54) is 12.3 Å². The molecule has 0 aliphatic carbocycles. The Hall–Kier alpha value is -1.16. The Morgan fingerprint density at radius 3 is 3.08 bits per heavy atom. The number of hydrogen-bond acceptors (Lipinski definition) is 2. The van der Waals surface area contributed by atoms with Crippen molar-refractivity contribution in [3.05, 3.63) is 28.8 Å². The van der Waals surface area contributed by atoms with Gasteiger partial charge in [0, 0.05) is 12.7 Å². The van der Waals surface area contributed by atoms with E-state index in [2.05, 4.69) is 10.3 Å². The summed E-state index contributed by atoms with van der Waals surface area (Å²) in [6.45, 7) is 2.24. The molecule has 0 atom stereocenters. The molecule has 1 N–H and O–H groups in total. The summed E-state index contributed by atoms with van der Waals surface area (Å²) in [4.78, 5) is 14.5. The average molecular weight is 203 g/mol. The predicted octanol–water partition coefficient (Wildman–Crippen LogP) is 1.62. The third-order valence-electron chi connectivity index (χ3n) is 1.43. The quantitative estimate of drug-likeness (QED) is 0.741. The van der Waals surface area contributed by atoms with Crippen LogP contribution in [0.15, 0.2) is 12.3 Å². The Morgan fingerprint density at radius 1 is 1.77 bits per heavy atom. The third-order valence-corrected chi connectivity index (χ3v) is 1.79. The molecule has 1 amide bonds. The van der Waals surface area contributed by atoms with Crippen LogP contribution in [0.2, 0.25) is 5.02 Å². The van der Waals surface area contributed by atoms with Crippen molar-refractivity contribution in [3.63, 3.8) is 0 Å². The molecule has 0 saturated heterocycles. The van der Waals surface area contributed by atoms with Crippen LogP contribution in [-0.2, 0) is 0 Å². The zero-order valence-corrected chi connectivity index (χ0v) is 7.73. The van der Waals surface area contributed by atoms with E-state index in [0.29, 0.717) is 6.54 Å². The van der Waals surface area contributed by atoms with Crippen molar-refractivity contribution in [1.29, 1.82) is 0 Å². The van der Waals surface area contributed by atoms with Crippen LogP contribution in [-0.4, -0.2) is 17.4 Å². The van der Waals surface area contributed by atoms with Gasteiger partial charge in [-0.25, -0.2) is 4.98 Å². The monoisotopic (exact) mass is 202 g/mol. The molecule has 0 aliphatic heterocycles. The molecule has 0 unspecified atom stereocenters. The minimum absolute atomic E-state index is 0.107. The number of carbonyl (C=O) groups is 1. The molecule has 0 radical (unpaired) electrons. The molecule has 0 bridgehead atoms. The normalized spacial score (nSPS) is 9.77. The molecular formula is C8H8ClFN2O. The summed E-state index contributed by atoms with van der Waals surface area (Å²) in [5.74, 6) is -1.22. The molecule has 1 aromatic rings. The van der Waals surface area contributed by atoms with Gasteiger partial charge in [-0.1, -0.05) is 11.6 Å². The summed E-state index contributed by atoms with van der Waals surface area (Å²) in [7, 11) is 0. The minimum Gasteiger partial charge on any atom is -0.352 e. The fourth-order valence-electron chi connectivity index (χ4n) is 0.849. The van der Waals surface area contributed by atoms with E-state index in [1.54, 1.807) is 6.92 Å². The maximum atomic E-state index is 12.8. The highest BCUT2D eigenvalue weighted by Gasteiger charge is 2.12. The standard InChI is InChI=1S/C8H8ClFN2O/c1-2-11-8(13)5-3-4-12-7(10)6(5)9/h3-4H,2H2,1H3,(H,11,13). The van der Waals surface area contributed by atoms with Crippen LogP contribution in [0.4, 0.5) is 4.39 Å². The van der Waals surface area contributed by atoms with Gasteiger partial charge in [-0.05, 0) is 13.0 Å². The number of rotatable bonds is 2. The molecule has 0 aliphatic rings. The molecule has 0 saturated carbocycles. The van der Waals surface area contributed by atoms with Crippen LogP contribution in [0.25, 0.3) is 0 Å². The number of halogens is 2. The van der Waals surface area contributed by atoms with Gasteiger partial charge in [-0.2, -0.15) is 4.39 Å². The van der Waals surface area contributed by atoms with Crippen molar-refractivity contribution in [2.75, 3.05) is 6.54 Å². The first-order valence-corrected chi connectivity index (χ1v) is 4.12. The molecule has 3 nitrogen and oxygen atoms in total. The lowest BCUT2D eigenvalue weighted by atomic mass is 10.2. The fourth-order valence-corrected chi connectivity index (χ4v) is 1.05. The second-order valence-corrected chi connectivity index (χ2v) is 2.70. The first-order chi connectivity index (χ1) is 6.16. The molecule has 1 heterocycles. The Balaban J connectivity index is 3.01. The Kier molecular flexibility index (Phi) is 3.19. The first-order valence-electron chi connectivity index (χ1n) is 3.75. The van der Waals surface area contributed by atoms with Gasteiger partial charge in [0.05, 0.1) is 5.56 Å². The van der Waals surface area contributed by atoms with Crippen molar-refractivity contribution in [3.8, 4) is 0 Å². The number of pyridine rings is 1. The number of aromatic nitrogens is 1. The number of hydrogen-bond donors (Lipinski definition) is 1. The third kappa shape index (κ3) is 2.15. The van der Waals surface area contributed by atoms with Gasteiger partial charge in [-0.15, -0.1) is 0 Å². The second kappa shape index (κ2) is 4.18. The average Bonchev–Trinajstić information content (AvgIpc) is 2.10. The highest BCUT2D eigenvalue weighted by atomic mass is 35.5. The largest absolute Gasteiger partial charge is 0.352 e. The molecule has 13 heavy (non-hydrogen) atoms. The van der Waals surface area contributed by atoms with Gasteiger partial charge in [0.15, 0.2) is 0 Å². The summed E-state index contributed by atoms with van der Waals surface area (Å²) in [5.41, 5.74) is 0.107. The van der Waals surface area contributed by atoms with E-state index in [1.807, 2.05) is 0 Å². The highest BCUT2D eigenvalue weighted by Crippen LogP contribution is 2.17. The van der Waals surface area contributed by atoms with Crippen LogP contribution in [0, 0.1) is 5.95 Å². The topological polar surface area (TPSA) is 42.0 Å². The van der Waals surface area contributed by atoms with E-state index in [0.717, 1.165) is 0 Å². The molecule has 5 heteroatoms. The van der Waals surface area contributed by atoms with Crippen LogP contribution in [0.1, 0.15) is 17.3 Å². The van der Waals surface area contributed by atoms with E-state index >= 15 is 0 Å². The van der Waals surface area contributed by atoms with E-state index in [-0.39, 0.29) is 10.6 Å². The van der Waals surface area contributed by atoms with Gasteiger partial charge < -0.3 is 5.32 Å². The Morgan fingerprint density at radius 2 is 2.46 bits per heavy atom. The van der Waals surface area contributed by atoms with Gasteiger partial charge in [0.1, 0.15) is 5.02 Å². The summed E-state index contributed by atoms with van der Waals surface area (Å²) in [6, 6.07) is 1.37. The van der Waals surface area contributed by atoms with Crippen molar-refractivity contribution in [2.45, 2.75) is 6.92 Å². The zero-order valence-electron chi connectivity index (χ0n) is 6.97. The van der Waals surface area contributed by atoms with Gasteiger partial charge >= 0.3 is 0 Å². The highest BCUT2D eigenvalue weighted by molar-refractivity contribution is 6.33. The number of carbonyl (C=O) groups excluding carboxylic acids is 1. The zero-order chi connectivity index (χ0) is 9.84. The maximum Gasteiger partial charge on any atom is 0.253 e. The number of amides is 1. The summed E-state index contributed by atoms with van der Waals surface area (Å²) in [5, 5.41) is 2.27. The first kappa shape index (κ1) is 9.92. The minimum atomic E-state index is -0.828. The molecular weight excluding hydrogens is 195 g/mol. The molecule has 70 valence electrons. The van der Waals surface area contributed by atoms with Crippen molar-refractivity contribution in [2.24, 2.45) is 0 Å². The lowest BCUT2D eigenvalue weighted by molar-refractivity contribution is 0.0955. The number of nitrogens with one attached hydrogen (secondary N) is 1. The van der Waals surface area contributed by atoms with E-state index in [4.69, 9.17) is 11.6 Å². The van der Waals surface area contributed by atoms with Crippen LogP contribution in [0.3, 0.4) is 0 Å². The molecule has 1 rings (SSSR count). The van der Waals surface area contributed by atoms with Gasteiger partial charge in [0.2, 0.25) is 5.95 Å². The van der Waals surface area contributed by atoms with Crippen molar-refractivity contribution >= 4 is 17.5 Å². The Labute approximate surface area is 79.9 Å². The van der Waals surface area contributed by atoms with Crippen molar-refractivity contribution < 1.29 is 9.18 Å². The smallest absolute Gasteiger partial charge is 0.253 e.